The average Bonchev–Trinajstić information content (AvgIpc) is 2.82. The summed E-state index contributed by atoms with van der Waals surface area (Å²) in [7, 11) is 1.50. The fourth-order valence-corrected chi connectivity index (χ4v) is 3.33. The van der Waals surface area contributed by atoms with Gasteiger partial charge in [-0.15, -0.1) is 0 Å². The number of hydrogen-bond donors (Lipinski definition) is 2. The first kappa shape index (κ1) is 23.6. The predicted molar refractivity (Wildman–Crippen MR) is 113 cm³/mol. The van der Waals surface area contributed by atoms with Crippen molar-refractivity contribution < 1.29 is 27.9 Å². The monoisotopic (exact) mass is 457 g/mol. The first-order valence-electron chi connectivity index (χ1n) is 9.98. The fraction of sp³-hybridized carbons (Fsp3) is 0.318. The van der Waals surface area contributed by atoms with Crippen molar-refractivity contribution in [1.29, 1.82) is 5.26 Å². The van der Waals surface area contributed by atoms with Crippen molar-refractivity contribution in [1.82, 2.24) is 15.2 Å². The lowest BCUT2D eigenvalue weighted by Crippen LogP contribution is -2.51. The van der Waals surface area contributed by atoms with Crippen molar-refractivity contribution >= 4 is 23.4 Å². The van der Waals surface area contributed by atoms with Gasteiger partial charge in [0.05, 0.1) is 37.2 Å². The van der Waals surface area contributed by atoms with Gasteiger partial charge >= 0.3 is 0 Å². The number of piperidine rings is 1. The molecule has 3 amide bonds. The van der Waals surface area contributed by atoms with Gasteiger partial charge in [0.1, 0.15) is 11.8 Å². The highest BCUT2D eigenvalue weighted by molar-refractivity contribution is 6.09. The third-order valence-corrected chi connectivity index (χ3v) is 5.12. The molecule has 33 heavy (non-hydrogen) atoms. The number of nitriles is 1. The molecule has 11 heteroatoms. The second-order valence-corrected chi connectivity index (χ2v) is 7.33. The van der Waals surface area contributed by atoms with Crippen molar-refractivity contribution in [2.24, 2.45) is 0 Å². The summed E-state index contributed by atoms with van der Waals surface area (Å²) in [6.07, 6.45) is 1.35. The maximum atomic E-state index is 13.5. The maximum Gasteiger partial charge on any atom is 0.255 e. The van der Waals surface area contributed by atoms with Crippen LogP contribution >= 0.6 is 0 Å². The number of nitrogens with zero attached hydrogens (tertiary/aromatic N) is 3. The molecule has 0 spiro atoms. The van der Waals surface area contributed by atoms with Crippen LogP contribution in [0.25, 0.3) is 0 Å². The molecule has 0 aliphatic carbocycles. The molecule has 2 aromatic rings. The average molecular weight is 457 g/mol. The summed E-state index contributed by atoms with van der Waals surface area (Å²) < 4.78 is 32.1. The van der Waals surface area contributed by atoms with E-state index in [0.717, 1.165) is 4.90 Å². The lowest BCUT2D eigenvalue weighted by Gasteiger charge is -2.35. The first-order chi connectivity index (χ1) is 15.7. The minimum absolute atomic E-state index is 0.0571. The van der Waals surface area contributed by atoms with Gasteiger partial charge in [0, 0.05) is 31.1 Å². The van der Waals surface area contributed by atoms with Gasteiger partial charge in [-0.05, 0) is 30.3 Å². The number of amides is 3. The van der Waals surface area contributed by atoms with E-state index < -0.39 is 49.1 Å². The molecule has 9 nitrogen and oxygen atoms in total. The van der Waals surface area contributed by atoms with Crippen LogP contribution in [0.5, 0.6) is 5.75 Å². The Morgan fingerprint density at radius 2 is 1.97 bits per heavy atom. The van der Waals surface area contributed by atoms with Crippen molar-refractivity contribution in [2.75, 3.05) is 25.5 Å². The molecule has 3 rings (SSSR count). The van der Waals surface area contributed by atoms with Crippen LogP contribution < -0.4 is 15.4 Å². The van der Waals surface area contributed by atoms with Crippen LogP contribution in [0.3, 0.4) is 0 Å². The number of likely N-dealkylation sites (tertiary alicyclic amines) is 1. The largest absolute Gasteiger partial charge is 0.497 e. The number of aromatic nitrogens is 1. The fourth-order valence-electron chi connectivity index (χ4n) is 3.33. The van der Waals surface area contributed by atoms with Gasteiger partial charge in [-0.2, -0.15) is 5.26 Å². The molecule has 2 heterocycles. The van der Waals surface area contributed by atoms with Crippen LogP contribution in [-0.4, -0.2) is 59.8 Å². The number of benzene rings is 1. The number of alkyl halides is 2. The summed E-state index contributed by atoms with van der Waals surface area (Å²) in [4.78, 5) is 42.5. The molecule has 2 N–H and O–H groups in total. The number of rotatable bonds is 6. The summed E-state index contributed by atoms with van der Waals surface area (Å²) in [6, 6.07) is 8.14. The molecule has 1 atom stereocenters. The minimum Gasteiger partial charge on any atom is -0.497 e. The van der Waals surface area contributed by atoms with Crippen molar-refractivity contribution in [2.45, 2.75) is 24.8 Å². The summed E-state index contributed by atoms with van der Waals surface area (Å²) in [5.41, 5.74) is 0.503. The summed E-state index contributed by atoms with van der Waals surface area (Å²) in [5, 5.41) is 14.1. The Kier molecular flexibility index (Phi) is 7.17. The van der Waals surface area contributed by atoms with Gasteiger partial charge in [0.25, 0.3) is 17.7 Å². The maximum absolute atomic E-state index is 13.5. The van der Waals surface area contributed by atoms with E-state index >= 15 is 0 Å². The molecular weight excluding hydrogens is 436 g/mol. The highest BCUT2D eigenvalue weighted by Gasteiger charge is 2.42. The standard InChI is InChI=1S/C22H21F2N5O4/c1-33-16-4-2-14(3-5-16)20(31)28-18-12-26-8-6-17(18)21(32)27-13-19(30)29-9-7-22(23,24)10-15(29)11-25/h2-6,8,12,15H,7,9-10,13H2,1H3,(H,27,32)(H,28,31)/t15-/m0/s1. The second-order valence-electron chi connectivity index (χ2n) is 7.33. The SMILES string of the molecule is COc1ccc(C(=O)Nc2cnccc2C(=O)NCC(=O)N2CCC(F)(F)C[C@H]2C#N)cc1. The molecule has 1 aromatic carbocycles. The van der Waals surface area contributed by atoms with Crippen LogP contribution in [0.2, 0.25) is 0 Å². The van der Waals surface area contributed by atoms with Gasteiger partial charge in [0.2, 0.25) is 5.91 Å². The number of pyridine rings is 1. The summed E-state index contributed by atoms with van der Waals surface area (Å²) in [6.45, 7) is -0.769. The molecule has 1 aromatic heterocycles. The quantitative estimate of drug-likeness (QED) is 0.686. The van der Waals surface area contributed by atoms with Crippen LogP contribution in [0.15, 0.2) is 42.7 Å². The Morgan fingerprint density at radius 1 is 1.24 bits per heavy atom. The van der Waals surface area contributed by atoms with Gasteiger partial charge in [-0.3, -0.25) is 19.4 Å². The zero-order chi connectivity index (χ0) is 24.0. The lowest BCUT2D eigenvalue weighted by molar-refractivity contribution is -0.139. The zero-order valence-corrected chi connectivity index (χ0v) is 17.7. The van der Waals surface area contributed by atoms with Gasteiger partial charge in [-0.25, -0.2) is 8.78 Å². The van der Waals surface area contributed by atoms with E-state index in [1.807, 2.05) is 0 Å². The number of hydrogen-bond acceptors (Lipinski definition) is 6. The Balaban J connectivity index is 1.64. The smallest absolute Gasteiger partial charge is 0.255 e. The van der Waals surface area contributed by atoms with E-state index in [1.54, 1.807) is 30.3 Å². The Hall–Kier alpha value is -4.07. The highest BCUT2D eigenvalue weighted by atomic mass is 19.3. The third kappa shape index (κ3) is 5.79. The molecule has 1 saturated heterocycles. The number of carbonyl (C=O) groups excluding carboxylic acids is 3. The van der Waals surface area contributed by atoms with Gasteiger partial charge in [-0.1, -0.05) is 0 Å². The Morgan fingerprint density at radius 3 is 2.64 bits per heavy atom. The summed E-state index contributed by atoms with van der Waals surface area (Å²) >= 11 is 0. The van der Waals surface area contributed by atoms with E-state index in [-0.39, 0.29) is 17.8 Å². The number of anilines is 1. The zero-order valence-electron chi connectivity index (χ0n) is 17.7. The Labute approximate surface area is 188 Å². The Bertz CT molecular complexity index is 1080. The highest BCUT2D eigenvalue weighted by Crippen LogP contribution is 2.31. The lowest BCUT2D eigenvalue weighted by atomic mass is 9.99. The minimum atomic E-state index is -3.01. The van der Waals surface area contributed by atoms with Gasteiger partial charge < -0.3 is 20.3 Å². The molecule has 1 fully saturated rings. The van der Waals surface area contributed by atoms with Crippen molar-refractivity contribution in [3.8, 4) is 11.8 Å². The van der Waals surface area contributed by atoms with Crippen LogP contribution in [-0.2, 0) is 4.79 Å². The van der Waals surface area contributed by atoms with E-state index in [0.29, 0.717) is 11.3 Å². The number of nitrogens with one attached hydrogen (secondary N) is 2. The van der Waals surface area contributed by atoms with E-state index in [9.17, 15) is 23.2 Å². The van der Waals surface area contributed by atoms with Crippen LogP contribution in [0.4, 0.5) is 14.5 Å². The first-order valence-corrected chi connectivity index (χ1v) is 9.98. The van der Waals surface area contributed by atoms with Crippen molar-refractivity contribution in [3.05, 3.63) is 53.9 Å². The third-order valence-electron chi connectivity index (χ3n) is 5.12. The summed E-state index contributed by atoms with van der Waals surface area (Å²) in [5.74, 6) is -4.24. The van der Waals surface area contributed by atoms with Crippen LogP contribution in [0, 0.1) is 11.3 Å². The number of ether oxygens (including phenoxy) is 1. The normalized spacial score (nSPS) is 16.9. The number of methoxy groups -OCH3 is 1. The number of halogens is 2. The van der Waals surface area contributed by atoms with E-state index in [4.69, 9.17) is 10.00 Å². The molecule has 0 unspecified atom stereocenters. The molecule has 0 saturated carbocycles. The molecule has 172 valence electrons. The molecular formula is C22H21F2N5O4. The van der Waals surface area contributed by atoms with E-state index in [1.165, 1.54) is 25.6 Å². The molecule has 1 aliphatic heterocycles. The van der Waals surface area contributed by atoms with Crippen LogP contribution in [0.1, 0.15) is 33.6 Å². The van der Waals surface area contributed by atoms with E-state index in [2.05, 4.69) is 15.6 Å². The molecule has 0 bridgehead atoms. The second kappa shape index (κ2) is 10.0. The predicted octanol–water partition coefficient (Wildman–Crippen LogP) is 2.22. The number of carbonyl (C=O) groups is 3. The topological polar surface area (TPSA) is 124 Å². The molecule has 1 aliphatic rings. The molecule has 0 radical (unpaired) electrons. The van der Waals surface area contributed by atoms with Gasteiger partial charge in [0.15, 0.2) is 0 Å². The van der Waals surface area contributed by atoms with Crippen molar-refractivity contribution in [3.63, 3.8) is 0 Å².